The molecule has 1 amide bonds. The van der Waals surface area contributed by atoms with E-state index < -0.39 is 0 Å². The van der Waals surface area contributed by atoms with E-state index in [1.165, 1.54) is 11.1 Å². The minimum atomic E-state index is -0.00452. The van der Waals surface area contributed by atoms with Gasteiger partial charge in [0.1, 0.15) is 0 Å². The van der Waals surface area contributed by atoms with Crippen molar-refractivity contribution in [3.63, 3.8) is 0 Å². The maximum atomic E-state index is 11.9. The lowest BCUT2D eigenvalue weighted by Crippen LogP contribution is -2.24. The van der Waals surface area contributed by atoms with Crippen LogP contribution >= 0.6 is 0 Å². The molecule has 0 saturated heterocycles. The first kappa shape index (κ1) is 12.9. The van der Waals surface area contributed by atoms with Crippen LogP contribution in [-0.4, -0.2) is 16.1 Å². The molecule has 3 rings (SSSR count). The van der Waals surface area contributed by atoms with Crippen LogP contribution in [0.1, 0.15) is 28.1 Å². The van der Waals surface area contributed by atoms with Gasteiger partial charge in [0.15, 0.2) is 0 Å². The highest BCUT2D eigenvalue weighted by Gasteiger charge is 2.11. The van der Waals surface area contributed by atoms with E-state index in [0.29, 0.717) is 13.0 Å². The number of aromatic nitrogens is 2. The predicted molar refractivity (Wildman–Crippen MR) is 75.9 cm³/mol. The van der Waals surface area contributed by atoms with Crippen molar-refractivity contribution in [3.8, 4) is 0 Å². The van der Waals surface area contributed by atoms with Crippen molar-refractivity contribution < 1.29 is 4.79 Å². The lowest BCUT2D eigenvalue weighted by Gasteiger charge is -2.06. The zero-order valence-electron chi connectivity index (χ0n) is 11.5. The molecule has 20 heavy (non-hydrogen) atoms. The normalized spacial score (nSPS) is 13.2. The highest BCUT2D eigenvalue weighted by molar-refractivity contribution is 5.78. The van der Waals surface area contributed by atoms with E-state index in [1.807, 2.05) is 13.0 Å². The van der Waals surface area contributed by atoms with Gasteiger partial charge in [-0.3, -0.25) is 9.89 Å². The molecule has 5 heteroatoms. The second kappa shape index (κ2) is 5.46. The fourth-order valence-electron chi connectivity index (χ4n) is 2.45. The van der Waals surface area contributed by atoms with Crippen molar-refractivity contribution in [2.45, 2.75) is 33.0 Å². The summed E-state index contributed by atoms with van der Waals surface area (Å²) in [7, 11) is 0. The minimum Gasteiger partial charge on any atom is -0.352 e. The Labute approximate surface area is 117 Å². The molecule has 1 aromatic heterocycles. The third-order valence-corrected chi connectivity index (χ3v) is 3.49. The molecular formula is C15H18N4O. The number of aryl methyl sites for hydroxylation is 1. The van der Waals surface area contributed by atoms with Gasteiger partial charge in [-0.2, -0.15) is 5.10 Å². The Morgan fingerprint density at radius 3 is 2.95 bits per heavy atom. The van der Waals surface area contributed by atoms with Crippen LogP contribution in [0.15, 0.2) is 24.3 Å². The molecule has 0 saturated carbocycles. The molecule has 0 spiro atoms. The standard InChI is InChI=1S/C15H18N4O/c1-10-4-14(19-18-10)6-15(20)17-7-11-2-3-12-8-16-9-13(12)5-11/h2-5,16H,6-9H2,1H3,(H,17,20)(H,18,19). The first-order chi connectivity index (χ1) is 9.70. The number of hydrogen-bond acceptors (Lipinski definition) is 3. The first-order valence-electron chi connectivity index (χ1n) is 6.80. The summed E-state index contributed by atoms with van der Waals surface area (Å²) in [5, 5.41) is 13.2. The Hall–Kier alpha value is -2.14. The third-order valence-electron chi connectivity index (χ3n) is 3.49. The number of benzene rings is 1. The summed E-state index contributed by atoms with van der Waals surface area (Å²) in [6, 6.07) is 8.26. The molecule has 2 aromatic rings. The summed E-state index contributed by atoms with van der Waals surface area (Å²) in [6.07, 6.45) is 0.316. The predicted octanol–water partition coefficient (Wildman–Crippen LogP) is 1.18. The van der Waals surface area contributed by atoms with Gasteiger partial charge in [0.25, 0.3) is 0 Å². The van der Waals surface area contributed by atoms with Crippen LogP contribution in [0, 0.1) is 6.92 Å². The summed E-state index contributed by atoms with van der Waals surface area (Å²) in [5.74, 6) is -0.00452. The van der Waals surface area contributed by atoms with Crippen LogP contribution in [0.3, 0.4) is 0 Å². The number of amides is 1. The van der Waals surface area contributed by atoms with Gasteiger partial charge in [0, 0.05) is 25.3 Å². The number of fused-ring (bicyclic) bond motifs is 1. The van der Waals surface area contributed by atoms with Gasteiger partial charge in [-0.05, 0) is 29.7 Å². The molecule has 5 nitrogen and oxygen atoms in total. The van der Waals surface area contributed by atoms with Gasteiger partial charge in [0.05, 0.1) is 12.1 Å². The Balaban J connectivity index is 1.55. The van der Waals surface area contributed by atoms with E-state index in [4.69, 9.17) is 0 Å². The average Bonchev–Trinajstić information content (AvgIpc) is 3.04. The van der Waals surface area contributed by atoms with Crippen molar-refractivity contribution in [2.24, 2.45) is 0 Å². The zero-order valence-corrected chi connectivity index (χ0v) is 11.5. The molecular weight excluding hydrogens is 252 g/mol. The van der Waals surface area contributed by atoms with Crippen LogP contribution in [0.5, 0.6) is 0 Å². The second-order valence-electron chi connectivity index (χ2n) is 5.20. The maximum absolute atomic E-state index is 11.9. The summed E-state index contributed by atoms with van der Waals surface area (Å²) in [4.78, 5) is 11.9. The van der Waals surface area contributed by atoms with E-state index in [1.54, 1.807) is 0 Å². The Bertz CT molecular complexity index is 633. The molecule has 0 unspecified atom stereocenters. The van der Waals surface area contributed by atoms with Crippen LogP contribution < -0.4 is 10.6 Å². The third kappa shape index (κ3) is 2.88. The number of nitrogens with zero attached hydrogens (tertiary/aromatic N) is 1. The molecule has 1 aliphatic heterocycles. The van der Waals surface area contributed by atoms with Crippen LogP contribution in [0.4, 0.5) is 0 Å². The molecule has 0 atom stereocenters. The van der Waals surface area contributed by atoms with Crippen molar-refractivity contribution in [2.75, 3.05) is 0 Å². The number of carbonyl (C=O) groups is 1. The molecule has 0 radical (unpaired) electrons. The van der Waals surface area contributed by atoms with Gasteiger partial charge in [0.2, 0.25) is 5.91 Å². The minimum absolute atomic E-state index is 0.00452. The summed E-state index contributed by atoms with van der Waals surface area (Å²) >= 11 is 0. The smallest absolute Gasteiger partial charge is 0.226 e. The van der Waals surface area contributed by atoms with Crippen molar-refractivity contribution in [1.29, 1.82) is 0 Å². The SMILES string of the molecule is Cc1cc(CC(=O)NCc2ccc3c(c2)CNC3)n[nH]1. The lowest BCUT2D eigenvalue weighted by molar-refractivity contribution is -0.120. The summed E-state index contributed by atoms with van der Waals surface area (Å²) in [5.41, 5.74) is 5.57. The van der Waals surface area contributed by atoms with Crippen molar-refractivity contribution >= 4 is 5.91 Å². The van der Waals surface area contributed by atoms with Crippen LogP contribution in [-0.2, 0) is 30.8 Å². The van der Waals surface area contributed by atoms with E-state index >= 15 is 0 Å². The number of nitrogens with one attached hydrogen (secondary N) is 3. The largest absolute Gasteiger partial charge is 0.352 e. The Kier molecular flexibility index (Phi) is 3.52. The van der Waals surface area contributed by atoms with E-state index in [9.17, 15) is 4.79 Å². The number of hydrogen-bond donors (Lipinski definition) is 3. The van der Waals surface area contributed by atoms with E-state index in [0.717, 1.165) is 30.0 Å². The maximum Gasteiger partial charge on any atom is 0.226 e. The molecule has 0 aliphatic carbocycles. The topological polar surface area (TPSA) is 69.8 Å². The highest BCUT2D eigenvalue weighted by atomic mass is 16.1. The van der Waals surface area contributed by atoms with E-state index in [2.05, 4.69) is 39.0 Å². The van der Waals surface area contributed by atoms with Crippen LogP contribution in [0.25, 0.3) is 0 Å². The lowest BCUT2D eigenvalue weighted by atomic mass is 10.1. The van der Waals surface area contributed by atoms with Gasteiger partial charge < -0.3 is 10.6 Å². The van der Waals surface area contributed by atoms with Gasteiger partial charge in [-0.25, -0.2) is 0 Å². The Morgan fingerprint density at radius 1 is 1.30 bits per heavy atom. The summed E-state index contributed by atoms with van der Waals surface area (Å²) < 4.78 is 0. The molecule has 2 heterocycles. The van der Waals surface area contributed by atoms with Gasteiger partial charge in [-0.1, -0.05) is 18.2 Å². The van der Waals surface area contributed by atoms with Gasteiger partial charge in [-0.15, -0.1) is 0 Å². The molecule has 1 aromatic carbocycles. The van der Waals surface area contributed by atoms with Crippen molar-refractivity contribution in [1.82, 2.24) is 20.8 Å². The number of aromatic amines is 1. The number of H-pyrrole nitrogens is 1. The van der Waals surface area contributed by atoms with Gasteiger partial charge >= 0.3 is 0 Å². The fourth-order valence-corrected chi connectivity index (χ4v) is 2.45. The fraction of sp³-hybridized carbons (Fsp3) is 0.333. The number of rotatable bonds is 4. The number of carbonyl (C=O) groups excluding carboxylic acids is 1. The molecule has 0 bridgehead atoms. The molecule has 1 aliphatic rings. The second-order valence-corrected chi connectivity index (χ2v) is 5.20. The average molecular weight is 270 g/mol. The van der Waals surface area contributed by atoms with E-state index in [-0.39, 0.29) is 5.91 Å². The summed E-state index contributed by atoms with van der Waals surface area (Å²) in [6.45, 7) is 4.35. The zero-order chi connectivity index (χ0) is 13.9. The highest BCUT2D eigenvalue weighted by Crippen LogP contribution is 2.16. The quantitative estimate of drug-likeness (QED) is 0.781. The monoisotopic (exact) mass is 270 g/mol. The first-order valence-corrected chi connectivity index (χ1v) is 6.80. The van der Waals surface area contributed by atoms with Crippen LogP contribution in [0.2, 0.25) is 0 Å². The van der Waals surface area contributed by atoms with Crippen molar-refractivity contribution in [3.05, 3.63) is 52.3 Å². The Morgan fingerprint density at radius 2 is 2.15 bits per heavy atom. The molecule has 104 valence electrons. The molecule has 0 fully saturated rings. The molecule has 3 N–H and O–H groups in total.